The van der Waals surface area contributed by atoms with Crippen LogP contribution in [0.25, 0.3) is 0 Å². The third kappa shape index (κ3) is 2.40. The number of aliphatic carboxylic acids is 1. The normalized spacial score (nSPS) is 28.8. The zero-order valence-corrected chi connectivity index (χ0v) is 10.8. The summed E-state index contributed by atoms with van der Waals surface area (Å²) in [5, 5.41) is 19.7. The van der Waals surface area contributed by atoms with Gasteiger partial charge in [0.1, 0.15) is 0 Å². The largest absolute Gasteiger partial charge is 0.479 e. The minimum Gasteiger partial charge on any atom is -0.479 e. The Balaban J connectivity index is 2.92. The molecule has 2 N–H and O–H groups in total. The first-order chi connectivity index (χ1) is 7.20. The van der Waals surface area contributed by atoms with E-state index < -0.39 is 11.6 Å². The summed E-state index contributed by atoms with van der Waals surface area (Å²) < 4.78 is 0. The van der Waals surface area contributed by atoms with Crippen molar-refractivity contribution < 1.29 is 15.0 Å². The van der Waals surface area contributed by atoms with E-state index >= 15 is 0 Å². The fourth-order valence-electron chi connectivity index (χ4n) is 2.97. The maximum atomic E-state index is 11.3. The minimum atomic E-state index is -1.56. The summed E-state index contributed by atoms with van der Waals surface area (Å²) in [5.41, 5.74) is -1.40. The van der Waals surface area contributed by atoms with Gasteiger partial charge in [0.05, 0.1) is 0 Å². The van der Waals surface area contributed by atoms with Crippen molar-refractivity contribution in [1.82, 2.24) is 0 Å². The molecule has 0 aromatic heterocycles. The fraction of sp³-hybridized carbons (Fsp3) is 0.923. The van der Waals surface area contributed by atoms with Crippen molar-refractivity contribution in [3.63, 3.8) is 0 Å². The molecule has 1 fully saturated rings. The second kappa shape index (κ2) is 4.36. The van der Waals surface area contributed by atoms with Crippen molar-refractivity contribution in [3.8, 4) is 0 Å². The Labute approximate surface area is 97.9 Å². The average Bonchev–Trinajstić information content (AvgIpc) is 2.14. The van der Waals surface area contributed by atoms with E-state index in [-0.39, 0.29) is 17.3 Å². The molecule has 0 radical (unpaired) electrons. The van der Waals surface area contributed by atoms with E-state index in [2.05, 4.69) is 13.8 Å². The predicted molar refractivity (Wildman–Crippen MR) is 63.2 cm³/mol. The van der Waals surface area contributed by atoms with E-state index in [0.717, 1.165) is 25.7 Å². The van der Waals surface area contributed by atoms with Crippen molar-refractivity contribution >= 4 is 5.97 Å². The minimum absolute atomic E-state index is 0.117. The molecular weight excluding hydrogens is 204 g/mol. The van der Waals surface area contributed by atoms with Crippen LogP contribution in [0.15, 0.2) is 0 Å². The summed E-state index contributed by atoms with van der Waals surface area (Å²) in [6.07, 6.45) is 3.76. The molecule has 0 bridgehead atoms. The van der Waals surface area contributed by atoms with Gasteiger partial charge in [-0.25, -0.2) is 4.79 Å². The molecule has 0 aliphatic heterocycles. The summed E-state index contributed by atoms with van der Waals surface area (Å²) in [6, 6.07) is 0. The molecule has 16 heavy (non-hydrogen) atoms. The van der Waals surface area contributed by atoms with Crippen LogP contribution in [0.2, 0.25) is 0 Å². The molecule has 1 saturated carbocycles. The van der Waals surface area contributed by atoms with Crippen LogP contribution in [-0.4, -0.2) is 21.8 Å². The summed E-state index contributed by atoms with van der Waals surface area (Å²) in [6.45, 7) is 7.88. The highest BCUT2D eigenvalue weighted by Crippen LogP contribution is 2.45. The zero-order chi connectivity index (χ0) is 12.6. The van der Waals surface area contributed by atoms with E-state index in [0.29, 0.717) is 0 Å². The lowest BCUT2D eigenvalue weighted by molar-refractivity contribution is -0.175. The number of carbonyl (C=O) groups is 1. The third-order valence-electron chi connectivity index (χ3n) is 4.05. The number of hydrogen-bond acceptors (Lipinski definition) is 2. The Morgan fingerprint density at radius 1 is 1.44 bits per heavy atom. The van der Waals surface area contributed by atoms with Gasteiger partial charge in [-0.15, -0.1) is 0 Å². The Kier molecular flexibility index (Phi) is 3.68. The quantitative estimate of drug-likeness (QED) is 0.780. The van der Waals surface area contributed by atoms with Gasteiger partial charge in [-0.2, -0.15) is 0 Å². The monoisotopic (exact) mass is 228 g/mol. The van der Waals surface area contributed by atoms with E-state index in [9.17, 15) is 15.0 Å². The lowest BCUT2D eigenvalue weighted by atomic mass is 9.64. The SMILES string of the molecule is CC(C)C(O)(C(=O)O)C1CCCC(C)(C)C1. The maximum absolute atomic E-state index is 11.3. The Bertz CT molecular complexity index is 270. The molecule has 0 heterocycles. The van der Waals surface area contributed by atoms with Gasteiger partial charge in [-0.1, -0.05) is 34.1 Å². The van der Waals surface area contributed by atoms with Gasteiger partial charge < -0.3 is 10.2 Å². The summed E-state index contributed by atoms with van der Waals surface area (Å²) in [7, 11) is 0. The van der Waals surface area contributed by atoms with Gasteiger partial charge in [-0.05, 0) is 36.5 Å². The summed E-state index contributed by atoms with van der Waals surface area (Å²) in [4.78, 5) is 11.3. The topological polar surface area (TPSA) is 57.5 Å². The van der Waals surface area contributed by atoms with Gasteiger partial charge in [0.15, 0.2) is 5.60 Å². The lowest BCUT2D eigenvalue weighted by Gasteiger charge is -2.43. The first-order valence-corrected chi connectivity index (χ1v) is 6.16. The number of carboxylic acid groups (broad SMARTS) is 1. The molecule has 1 aliphatic rings. The van der Waals surface area contributed by atoms with Crippen LogP contribution in [0.1, 0.15) is 53.4 Å². The van der Waals surface area contributed by atoms with Crippen LogP contribution in [0.3, 0.4) is 0 Å². The molecule has 0 aromatic carbocycles. The van der Waals surface area contributed by atoms with Crippen molar-refractivity contribution in [2.45, 2.75) is 59.0 Å². The number of aliphatic hydroxyl groups is 1. The van der Waals surface area contributed by atoms with E-state index in [1.807, 2.05) is 0 Å². The molecule has 3 nitrogen and oxygen atoms in total. The van der Waals surface area contributed by atoms with Crippen LogP contribution < -0.4 is 0 Å². The first-order valence-electron chi connectivity index (χ1n) is 6.16. The highest BCUT2D eigenvalue weighted by molar-refractivity contribution is 5.78. The molecule has 3 heteroatoms. The molecular formula is C13H24O3. The van der Waals surface area contributed by atoms with Gasteiger partial charge in [-0.3, -0.25) is 0 Å². The molecule has 94 valence electrons. The van der Waals surface area contributed by atoms with E-state index in [1.54, 1.807) is 13.8 Å². The first kappa shape index (κ1) is 13.5. The number of carboxylic acids is 1. The van der Waals surface area contributed by atoms with Gasteiger partial charge in [0.2, 0.25) is 0 Å². The lowest BCUT2D eigenvalue weighted by Crippen LogP contribution is -2.52. The Morgan fingerprint density at radius 3 is 2.38 bits per heavy atom. The molecule has 0 spiro atoms. The number of hydrogen-bond donors (Lipinski definition) is 2. The molecule has 2 unspecified atom stereocenters. The second-order valence-corrected chi connectivity index (χ2v) is 6.24. The second-order valence-electron chi connectivity index (χ2n) is 6.24. The Hall–Kier alpha value is -0.570. The molecule has 2 atom stereocenters. The van der Waals surface area contributed by atoms with Crippen LogP contribution in [-0.2, 0) is 4.79 Å². The van der Waals surface area contributed by atoms with Crippen LogP contribution in [0.4, 0.5) is 0 Å². The van der Waals surface area contributed by atoms with Crippen molar-refractivity contribution in [3.05, 3.63) is 0 Å². The van der Waals surface area contributed by atoms with E-state index in [1.165, 1.54) is 0 Å². The van der Waals surface area contributed by atoms with Crippen LogP contribution in [0, 0.1) is 17.3 Å². The average molecular weight is 228 g/mol. The van der Waals surface area contributed by atoms with Crippen LogP contribution in [0.5, 0.6) is 0 Å². The molecule has 0 saturated heterocycles. The smallest absolute Gasteiger partial charge is 0.336 e. The highest BCUT2D eigenvalue weighted by atomic mass is 16.4. The number of rotatable bonds is 3. The maximum Gasteiger partial charge on any atom is 0.336 e. The molecule has 1 aliphatic carbocycles. The standard InChI is InChI=1S/C13H24O3/c1-9(2)13(16,11(14)15)10-6-5-7-12(3,4)8-10/h9-10,16H,5-8H2,1-4H3,(H,14,15). The van der Waals surface area contributed by atoms with Crippen molar-refractivity contribution in [1.29, 1.82) is 0 Å². The fourth-order valence-corrected chi connectivity index (χ4v) is 2.97. The van der Waals surface area contributed by atoms with E-state index in [4.69, 9.17) is 0 Å². The summed E-state index contributed by atoms with van der Waals surface area (Å²) >= 11 is 0. The highest BCUT2D eigenvalue weighted by Gasteiger charge is 2.49. The van der Waals surface area contributed by atoms with Gasteiger partial charge in [0, 0.05) is 0 Å². The molecule has 1 rings (SSSR count). The zero-order valence-electron chi connectivity index (χ0n) is 10.8. The molecule has 0 aromatic rings. The summed E-state index contributed by atoms with van der Waals surface area (Å²) in [5.74, 6) is -1.43. The Morgan fingerprint density at radius 2 is 2.00 bits per heavy atom. The predicted octanol–water partition coefficient (Wildman–Crippen LogP) is 2.67. The van der Waals surface area contributed by atoms with Gasteiger partial charge >= 0.3 is 5.97 Å². The van der Waals surface area contributed by atoms with Gasteiger partial charge in [0.25, 0.3) is 0 Å². The van der Waals surface area contributed by atoms with Crippen LogP contribution >= 0.6 is 0 Å². The molecule has 0 amide bonds. The van der Waals surface area contributed by atoms with Crippen molar-refractivity contribution in [2.24, 2.45) is 17.3 Å². The third-order valence-corrected chi connectivity index (χ3v) is 4.05. The van der Waals surface area contributed by atoms with Crippen molar-refractivity contribution in [2.75, 3.05) is 0 Å².